The van der Waals surface area contributed by atoms with Crippen LogP contribution < -0.4 is 15.4 Å². The summed E-state index contributed by atoms with van der Waals surface area (Å²) in [5.74, 6) is 2.41. The number of nitrogens with one attached hydrogen (secondary N) is 2. The maximum absolute atomic E-state index is 5.19. The lowest BCUT2D eigenvalue weighted by atomic mass is 10.0. The maximum atomic E-state index is 5.19. The molecule has 136 valence electrons. The van der Waals surface area contributed by atoms with Crippen LogP contribution in [0.5, 0.6) is 5.75 Å². The Labute approximate surface area is 147 Å². The van der Waals surface area contributed by atoms with Crippen molar-refractivity contribution >= 4 is 5.96 Å². The predicted molar refractivity (Wildman–Crippen MR) is 103 cm³/mol. The normalized spacial score (nSPS) is 13.2. The number of nitrogens with zero attached hydrogens (tertiary/aromatic N) is 2. The van der Waals surface area contributed by atoms with Crippen LogP contribution in [0.25, 0.3) is 0 Å². The van der Waals surface area contributed by atoms with Gasteiger partial charge in [-0.3, -0.25) is 0 Å². The molecule has 0 aliphatic carbocycles. The number of ether oxygens (including phenoxy) is 1. The molecule has 1 aromatic carbocycles. The zero-order chi connectivity index (χ0) is 17.9. The molecule has 0 saturated heterocycles. The molecular formula is C19H34N4O. The molecule has 1 aromatic rings. The van der Waals surface area contributed by atoms with Gasteiger partial charge in [0.1, 0.15) is 5.75 Å². The van der Waals surface area contributed by atoms with E-state index < -0.39 is 0 Å². The lowest BCUT2D eigenvalue weighted by molar-refractivity contribution is 0.254. The molecule has 24 heavy (non-hydrogen) atoms. The van der Waals surface area contributed by atoms with Crippen LogP contribution in [0.4, 0.5) is 0 Å². The first kappa shape index (κ1) is 20.3. The molecule has 0 spiro atoms. The minimum Gasteiger partial charge on any atom is -0.497 e. The fourth-order valence-electron chi connectivity index (χ4n) is 2.48. The van der Waals surface area contributed by atoms with Crippen LogP contribution in [0, 0.1) is 5.92 Å². The summed E-state index contributed by atoms with van der Waals surface area (Å²) in [4.78, 5) is 6.96. The van der Waals surface area contributed by atoms with Crippen molar-refractivity contribution in [1.29, 1.82) is 0 Å². The Morgan fingerprint density at radius 3 is 2.33 bits per heavy atom. The molecule has 0 heterocycles. The predicted octanol–water partition coefficient (Wildman–Crippen LogP) is 2.73. The van der Waals surface area contributed by atoms with Gasteiger partial charge in [0.2, 0.25) is 0 Å². The third kappa shape index (κ3) is 7.68. The highest BCUT2D eigenvalue weighted by atomic mass is 16.5. The summed E-state index contributed by atoms with van der Waals surface area (Å²) in [6.07, 6.45) is 1.16. The van der Waals surface area contributed by atoms with E-state index in [9.17, 15) is 0 Å². The number of benzene rings is 1. The highest BCUT2D eigenvalue weighted by Crippen LogP contribution is 2.12. The Morgan fingerprint density at radius 2 is 1.83 bits per heavy atom. The topological polar surface area (TPSA) is 48.9 Å². The van der Waals surface area contributed by atoms with E-state index in [-0.39, 0.29) is 0 Å². The molecule has 0 amide bonds. The molecule has 2 N–H and O–H groups in total. The fourth-order valence-corrected chi connectivity index (χ4v) is 2.48. The van der Waals surface area contributed by atoms with Crippen molar-refractivity contribution in [3.8, 4) is 5.75 Å². The largest absolute Gasteiger partial charge is 0.497 e. The Kier molecular flexibility index (Phi) is 9.23. The van der Waals surface area contributed by atoms with Crippen LogP contribution in [0.2, 0.25) is 0 Å². The van der Waals surface area contributed by atoms with E-state index >= 15 is 0 Å². The Bertz CT molecular complexity index is 483. The number of hydrogen-bond donors (Lipinski definition) is 2. The van der Waals surface area contributed by atoms with E-state index in [4.69, 9.17) is 4.74 Å². The Hall–Kier alpha value is -1.75. The van der Waals surface area contributed by atoms with Crippen LogP contribution >= 0.6 is 0 Å². The van der Waals surface area contributed by atoms with Gasteiger partial charge in [-0.25, -0.2) is 4.99 Å². The molecule has 0 saturated carbocycles. The molecule has 1 rings (SSSR count). The first-order valence-corrected chi connectivity index (χ1v) is 8.77. The summed E-state index contributed by atoms with van der Waals surface area (Å²) in [5, 5.41) is 6.79. The second kappa shape index (κ2) is 10.9. The molecular weight excluding hydrogens is 300 g/mol. The average Bonchev–Trinajstić information content (AvgIpc) is 2.56. The second-order valence-corrected chi connectivity index (χ2v) is 6.67. The third-order valence-electron chi connectivity index (χ3n) is 3.90. The smallest absolute Gasteiger partial charge is 0.191 e. The molecule has 1 atom stereocenters. The van der Waals surface area contributed by atoms with Crippen molar-refractivity contribution in [1.82, 2.24) is 15.5 Å². The molecule has 0 aromatic heterocycles. The van der Waals surface area contributed by atoms with Crippen LogP contribution in [0.3, 0.4) is 0 Å². The summed E-state index contributed by atoms with van der Waals surface area (Å²) >= 11 is 0. The number of aliphatic imine (C=N–C) groups is 1. The quantitative estimate of drug-likeness (QED) is 0.538. The number of hydrogen-bond acceptors (Lipinski definition) is 3. The fraction of sp³-hybridized carbons (Fsp3) is 0.632. The zero-order valence-electron chi connectivity index (χ0n) is 16.1. The molecule has 0 bridgehead atoms. The SMILES string of the molecule is CCNC(=NCc1ccc(OC)cc1)NCC(CC(C)C)N(C)C. The van der Waals surface area contributed by atoms with Crippen molar-refractivity contribution in [3.63, 3.8) is 0 Å². The van der Waals surface area contributed by atoms with Gasteiger partial charge in [0.05, 0.1) is 13.7 Å². The lowest BCUT2D eigenvalue weighted by Crippen LogP contribution is -2.45. The summed E-state index contributed by atoms with van der Waals surface area (Å²) < 4.78 is 5.19. The van der Waals surface area contributed by atoms with Gasteiger partial charge in [-0.15, -0.1) is 0 Å². The third-order valence-corrected chi connectivity index (χ3v) is 3.90. The van der Waals surface area contributed by atoms with Gasteiger partial charge in [0.25, 0.3) is 0 Å². The summed E-state index contributed by atoms with van der Waals surface area (Å²) in [6.45, 7) is 9.00. The molecule has 0 aliphatic rings. The number of likely N-dealkylation sites (N-methyl/N-ethyl adjacent to an activating group) is 1. The van der Waals surface area contributed by atoms with Gasteiger partial charge < -0.3 is 20.3 Å². The standard InChI is InChI=1S/C19H34N4O/c1-7-20-19(22-14-17(23(4)5)12-15(2)3)21-13-16-8-10-18(24-6)11-9-16/h8-11,15,17H,7,12-14H2,1-6H3,(H2,20,21,22). The van der Waals surface area contributed by atoms with Gasteiger partial charge >= 0.3 is 0 Å². The van der Waals surface area contributed by atoms with Crippen LogP contribution in [-0.4, -0.2) is 51.2 Å². The van der Waals surface area contributed by atoms with Crippen molar-refractivity contribution in [2.75, 3.05) is 34.3 Å². The number of rotatable bonds is 9. The number of methoxy groups -OCH3 is 1. The van der Waals surface area contributed by atoms with Crippen molar-refractivity contribution < 1.29 is 4.74 Å². The van der Waals surface area contributed by atoms with Crippen molar-refractivity contribution in [3.05, 3.63) is 29.8 Å². The lowest BCUT2D eigenvalue weighted by Gasteiger charge is -2.27. The molecule has 0 aliphatic heterocycles. The first-order chi connectivity index (χ1) is 11.5. The van der Waals surface area contributed by atoms with E-state index in [1.165, 1.54) is 5.56 Å². The van der Waals surface area contributed by atoms with Gasteiger partial charge in [-0.1, -0.05) is 26.0 Å². The van der Waals surface area contributed by atoms with Gasteiger partial charge in [0, 0.05) is 19.1 Å². The minimum atomic E-state index is 0.495. The monoisotopic (exact) mass is 334 g/mol. The summed E-state index contributed by atoms with van der Waals surface area (Å²) in [7, 11) is 5.95. The highest BCUT2D eigenvalue weighted by Gasteiger charge is 2.13. The van der Waals surface area contributed by atoms with E-state index in [0.717, 1.165) is 31.2 Å². The molecule has 0 radical (unpaired) electrons. The second-order valence-electron chi connectivity index (χ2n) is 6.67. The van der Waals surface area contributed by atoms with Crippen LogP contribution in [-0.2, 0) is 6.54 Å². The van der Waals surface area contributed by atoms with Gasteiger partial charge in [-0.2, -0.15) is 0 Å². The molecule has 0 fully saturated rings. The van der Waals surface area contributed by atoms with E-state index in [1.54, 1.807) is 7.11 Å². The van der Waals surface area contributed by atoms with Crippen LogP contribution in [0.15, 0.2) is 29.3 Å². The van der Waals surface area contributed by atoms with Gasteiger partial charge in [-0.05, 0) is 51.1 Å². The highest BCUT2D eigenvalue weighted by molar-refractivity contribution is 5.79. The first-order valence-electron chi connectivity index (χ1n) is 8.77. The molecule has 5 nitrogen and oxygen atoms in total. The van der Waals surface area contributed by atoms with E-state index in [1.807, 2.05) is 24.3 Å². The van der Waals surface area contributed by atoms with Crippen molar-refractivity contribution in [2.45, 2.75) is 39.8 Å². The Morgan fingerprint density at radius 1 is 1.17 bits per heavy atom. The minimum absolute atomic E-state index is 0.495. The van der Waals surface area contributed by atoms with Crippen molar-refractivity contribution in [2.24, 2.45) is 10.9 Å². The number of guanidine groups is 1. The molecule has 5 heteroatoms. The van der Waals surface area contributed by atoms with E-state index in [0.29, 0.717) is 18.5 Å². The maximum Gasteiger partial charge on any atom is 0.191 e. The summed E-state index contributed by atoms with van der Waals surface area (Å²) in [5.41, 5.74) is 1.17. The zero-order valence-corrected chi connectivity index (χ0v) is 16.1. The van der Waals surface area contributed by atoms with Crippen LogP contribution in [0.1, 0.15) is 32.8 Å². The van der Waals surface area contributed by atoms with Gasteiger partial charge in [0.15, 0.2) is 5.96 Å². The summed E-state index contributed by atoms with van der Waals surface area (Å²) in [6, 6.07) is 8.53. The Balaban J connectivity index is 2.63. The average molecular weight is 335 g/mol. The van der Waals surface area contributed by atoms with E-state index in [2.05, 4.69) is 55.4 Å². The molecule has 1 unspecified atom stereocenters.